The molecule has 0 unspecified atom stereocenters. The molecule has 0 saturated carbocycles. The highest BCUT2D eigenvalue weighted by Gasteiger charge is 2.02. The van der Waals surface area contributed by atoms with Gasteiger partial charge in [0.1, 0.15) is 0 Å². The van der Waals surface area contributed by atoms with Gasteiger partial charge in [0.2, 0.25) is 0 Å². The molecule has 4 heteroatoms. The van der Waals surface area contributed by atoms with E-state index in [2.05, 4.69) is 9.97 Å². The number of pyridine rings is 4. The Bertz CT molecular complexity index is 1010. The van der Waals surface area contributed by atoms with E-state index in [0.717, 1.165) is 33.9 Å². The second kappa shape index (κ2) is 8.64. The van der Waals surface area contributed by atoms with Crippen molar-refractivity contribution in [3.8, 4) is 11.4 Å². The topological polar surface area (TPSA) is 51.6 Å². The molecule has 0 spiro atoms. The van der Waals surface area contributed by atoms with Crippen molar-refractivity contribution >= 4 is 24.3 Å². The number of aromatic nitrogens is 4. The van der Waals surface area contributed by atoms with Crippen LogP contribution in [0.15, 0.2) is 85.5 Å². The van der Waals surface area contributed by atoms with Gasteiger partial charge in [0, 0.05) is 24.8 Å². The molecule has 4 aromatic rings. The summed E-state index contributed by atoms with van der Waals surface area (Å²) in [5, 5.41) is 0. The van der Waals surface area contributed by atoms with Crippen LogP contribution in [0, 0.1) is 0 Å². The van der Waals surface area contributed by atoms with Crippen LogP contribution in [-0.4, -0.2) is 19.9 Å². The number of rotatable bonds is 5. The fourth-order valence-corrected chi connectivity index (χ4v) is 2.69. The van der Waals surface area contributed by atoms with Gasteiger partial charge in [-0.2, -0.15) is 0 Å². The zero-order valence-electron chi connectivity index (χ0n) is 15.2. The van der Waals surface area contributed by atoms with Crippen LogP contribution in [-0.2, 0) is 0 Å². The Labute approximate surface area is 164 Å². The molecule has 4 nitrogen and oxygen atoms in total. The molecular formula is C24H18N4. The molecule has 0 aromatic carbocycles. The Kier molecular flexibility index (Phi) is 5.40. The Morgan fingerprint density at radius 3 is 1.32 bits per heavy atom. The SMILES string of the molecule is C(=C\c1cccc(-c2cccc(/C=C/c3ccncc3)n2)n1)/c1ccncc1. The van der Waals surface area contributed by atoms with Crippen LogP contribution in [0.5, 0.6) is 0 Å². The van der Waals surface area contributed by atoms with Crippen molar-refractivity contribution in [2.45, 2.75) is 0 Å². The van der Waals surface area contributed by atoms with Gasteiger partial charge in [-0.15, -0.1) is 0 Å². The van der Waals surface area contributed by atoms with E-state index in [1.807, 2.05) is 85.0 Å². The smallest absolute Gasteiger partial charge is 0.0893 e. The predicted octanol–water partition coefficient (Wildman–Crippen LogP) is 5.27. The lowest BCUT2D eigenvalue weighted by molar-refractivity contribution is 1.22. The maximum Gasteiger partial charge on any atom is 0.0893 e. The van der Waals surface area contributed by atoms with Crippen LogP contribution in [0.3, 0.4) is 0 Å². The summed E-state index contributed by atoms with van der Waals surface area (Å²) in [4.78, 5) is 17.5. The van der Waals surface area contributed by atoms with Crippen LogP contribution in [0.2, 0.25) is 0 Å². The standard InChI is InChI=1S/C24H18N4/c1-3-21(9-7-19-11-15-25-16-12-19)27-23(5-1)24-6-2-4-22(28-24)10-8-20-13-17-26-18-14-20/h1-18H/b9-7+,10-8+. The third kappa shape index (κ3) is 4.62. The van der Waals surface area contributed by atoms with Gasteiger partial charge in [-0.25, -0.2) is 9.97 Å². The molecule has 4 aromatic heterocycles. The molecule has 0 radical (unpaired) electrons. The van der Waals surface area contributed by atoms with Gasteiger partial charge in [-0.1, -0.05) is 24.3 Å². The average Bonchev–Trinajstić information content (AvgIpc) is 2.78. The second-order valence-corrected chi connectivity index (χ2v) is 6.12. The highest BCUT2D eigenvalue weighted by molar-refractivity contribution is 5.70. The maximum atomic E-state index is 4.72. The lowest BCUT2D eigenvalue weighted by Crippen LogP contribution is -1.91. The first-order valence-electron chi connectivity index (χ1n) is 8.97. The summed E-state index contributed by atoms with van der Waals surface area (Å²) in [6.07, 6.45) is 15.1. The predicted molar refractivity (Wildman–Crippen MR) is 114 cm³/mol. The molecule has 4 heterocycles. The summed E-state index contributed by atoms with van der Waals surface area (Å²) in [5.74, 6) is 0. The van der Waals surface area contributed by atoms with Crippen molar-refractivity contribution in [1.29, 1.82) is 0 Å². The molecule has 0 saturated heterocycles. The minimum Gasteiger partial charge on any atom is -0.265 e. The fourth-order valence-electron chi connectivity index (χ4n) is 2.69. The normalized spacial score (nSPS) is 11.3. The summed E-state index contributed by atoms with van der Waals surface area (Å²) in [6, 6.07) is 19.7. The van der Waals surface area contributed by atoms with Crippen molar-refractivity contribution in [1.82, 2.24) is 19.9 Å². The first-order chi connectivity index (χ1) is 13.9. The monoisotopic (exact) mass is 362 g/mol. The Morgan fingerprint density at radius 1 is 0.464 bits per heavy atom. The van der Waals surface area contributed by atoms with Crippen LogP contribution < -0.4 is 0 Å². The zero-order chi connectivity index (χ0) is 19.0. The lowest BCUT2D eigenvalue weighted by atomic mass is 10.2. The fraction of sp³-hybridized carbons (Fsp3) is 0. The van der Waals surface area contributed by atoms with Gasteiger partial charge >= 0.3 is 0 Å². The maximum absolute atomic E-state index is 4.72. The van der Waals surface area contributed by atoms with Gasteiger partial charge in [0.25, 0.3) is 0 Å². The van der Waals surface area contributed by atoms with E-state index < -0.39 is 0 Å². The number of hydrogen-bond donors (Lipinski definition) is 0. The average molecular weight is 362 g/mol. The largest absolute Gasteiger partial charge is 0.265 e. The van der Waals surface area contributed by atoms with Crippen molar-refractivity contribution < 1.29 is 0 Å². The van der Waals surface area contributed by atoms with E-state index in [1.165, 1.54) is 0 Å². The molecule has 0 amide bonds. The molecule has 0 aliphatic carbocycles. The molecule has 0 bridgehead atoms. The van der Waals surface area contributed by atoms with E-state index in [1.54, 1.807) is 24.8 Å². The summed E-state index contributed by atoms with van der Waals surface area (Å²) in [7, 11) is 0. The number of nitrogens with zero attached hydrogens (tertiary/aromatic N) is 4. The van der Waals surface area contributed by atoms with E-state index >= 15 is 0 Å². The lowest BCUT2D eigenvalue weighted by Gasteiger charge is -2.03. The third-order valence-corrected chi connectivity index (χ3v) is 4.11. The summed E-state index contributed by atoms with van der Waals surface area (Å²) in [6.45, 7) is 0. The first kappa shape index (κ1) is 17.5. The molecule has 0 atom stereocenters. The van der Waals surface area contributed by atoms with Crippen molar-refractivity contribution in [3.63, 3.8) is 0 Å². The third-order valence-electron chi connectivity index (χ3n) is 4.11. The summed E-state index contributed by atoms with van der Waals surface area (Å²) >= 11 is 0. The van der Waals surface area contributed by atoms with Gasteiger partial charge in [-0.3, -0.25) is 9.97 Å². The van der Waals surface area contributed by atoms with E-state index in [0.29, 0.717) is 0 Å². The molecule has 28 heavy (non-hydrogen) atoms. The highest BCUT2D eigenvalue weighted by Crippen LogP contribution is 2.17. The second-order valence-electron chi connectivity index (χ2n) is 6.12. The Hall–Kier alpha value is -3.92. The van der Waals surface area contributed by atoms with Gasteiger partial charge in [-0.05, 0) is 71.8 Å². The molecule has 0 aliphatic heterocycles. The quantitative estimate of drug-likeness (QED) is 0.485. The van der Waals surface area contributed by atoms with Gasteiger partial charge in [0.05, 0.1) is 22.8 Å². The first-order valence-corrected chi connectivity index (χ1v) is 8.97. The Morgan fingerprint density at radius 2 is 0.893 bits per heavy atom. The van der Waals surface area contributed by atoms with Crippen LogP contribution in [0.25, 0.3) is 35.7 Å². The molecule has 0 N–H and O–H groups in total. The molecule has 134 valence electrons. The molecular weight excluding hydrogens is 344 g/mol. The summed E-state index contributed by atoms with van der Waals surface area (Å²) < 4.78 is 0. The summed E-state index contributed by atoms with van der Waals surface area (Å²) in [5.41, 5.74) is 5.63. The number of hydrogen-bond acceptors (Lipinski definition) is 4. The van der Waals surface area contributed by atoms with Crippen LogP contribution >= 0.6 is 0 Å². The van der Waals surface area contributed by atoms with E-state index in [9.17, 15) is 0 Å². The van der Waals surface area contributed by atoms with Crippen molar-refractivity contribution in [3.05, 3.63) is 108 Å². The molecule has 0 aliphatic rings. The van der Waals surface area contributed by atoms with Crippen molar-refractivity contribution in [2.75, 3.05) is 0 Å². The minimum atomic E-state index is 0.844. The van der Waals surface area contributed by atoms with E-state index in [4.69, 9.17) is 9.97 Å². The van der Waals surface area contributed by atoms with Crippen molar-refractivity contribution in [2.24, 2.45) is 0 Å². The Balaban J connectivity index is 1.56. The van der Waals surface area contributed by atoms with Crippen LogP contribution in [0.1, 0.15) is 22.5 Å². The highest BCUT2D eigenvalue weighted by atomic mass is 14.8. The van der Waals surface area contributed by atoms with Gasteiger partial charge in [0.15, 0.2) is 0 Å². The van der Waals surface area contributed by atoms with E-state index in [-0.39, 0.29) is 0 Å². The van der Waals surface area contributed by atoms with Gasteiger partial charge < -0.3 is 0 Å². The molecule has 0 fully saturated rings. The minimum absolute atomic E-state index is 0.844. The zero-order valence-corrected chi connectivity index (χ0v) is 15.2. The molecule has 4 rings (SSSR count). The van der Waals surface area contributed by atoms with Crippen LogP contribution in [0.4, 0.5) is 0 Å².